The van der Waals surface area contributed by atoms with Crippen LogP contribution in [0.2, 0.25) is 0 Å². The molecule has 5 nitrogen and oxygen atoms in total. The average Bonchev–Trinajstić information content (AvgIpc) is 2.60. The predicted molar refractivity (Wildman–Crippen MR) is 101 cm³/mol. The number of carbonyl (C=O) groups is 1. The van der Waals surface area contributed by atoms with Crippen LogP contribution >= 0.6 is 0 Å². The van der Waals surface area contributed by atoms with Gasteiger partial charge in [0.05, 0.1) is 5.56 Å². The fourth-order valence-corrected chi connectivity index (χ4v) is 3.14. The van der Waals surface area contributed by atoms with Crippen molar-refractivity contribution in [2.45, 2.75) is 26.1 Å². The van der Waals surface area contributed by atoms with E-state index in [9.17, 15) is 27.9 Å². The number of nitrogens with zero attached hydrogens (tertiary/aromatic N) is 1. The van der Waals surface area contributed by atoms with E-state index in [4.69, 9.17) is 0 Å². The van der Waals surface area contributed by atoms with Crippen molar-refractivity contribution in [3.8, 4) is 11.3 Å². The second-order valence-electron chi connectivity index (χ2n) is 6.57. The molecule has 0 atom stereocenters. The highest BCUT2D eigenvalue weighted by Crippen LogP contribution is 2.36. The summed E-state index contributed by atoms with van der Waals surface area (Å²) < 4.78 is 39.9. The summed E-state index contributed by atoms with van der Waals surface area (Å²) in [6, 6.07) is 10.5. The third-order valence-corrected chi connectivity index (χ3v) is 4.35. The highest BCUT2D eigenvalue weighted by atomic mass is 19.4. The molecule has 2 aromatic carbocycles. The summed E-state index contributed by atoms with van der Waals surface area (Å²) >= 11 is 0. The van der Waals surface area contributed by atoms with Crippen molar-refractivity contribution in [2.24, 2.45) is 0 Å². The minimum absolute atomic E-state index is 0.0390. The zero-order valence-corrected chi connectivity index (χ0v) is 15.0. The van der Waals surface area contributed by atoms with Gasteiger partial charge < -0.3 is 10.1 Å². The van der Waals surface area contributed by atoms with Crippen LogP contribution in [0.3, 0.4) is 0 Å². The Morgan fingerprint density at radius 3 is 2.39 bits per heavy atom. The summed E-state index contributed by atoms with van der Waals surface area (Å²) in [5, 5.41) is 9.97. The molecule has 0 spiro atoms. The Kier molecular flexibility index (Phi) is 4.89. The second kappa shape index (κ2) is 7.03. The first kappa shape index (κ1) is 19.5. The van der Waals surface area contributed by atoms with Crippen LogP contribution in [0.25, 0.3) is 22.0 Å². The molecule has 1 amide bonds. The van der Waals surface area contributed by atoms with Crippen molar-refractivity contribution in [3.05, 3.63) is 64.4 Å². The van der Waals surface area contributed by atoms with E-state index in [1.54, 1.807) is 13.8 Å². The van der Waals surface area contributed by atoms with Gasteiger partial charge in [0.1, 0.15) is 0 Å². The molecule has 0 bridgehead atoms. The van der Waals surface area contributed by atoms with E-state index in [2.05, 4.69) is 4.98 Å². The van der Waals surface area contributed by atoms with Gasteiger partial charge in [-0.3, -0.25) is 9.69 Å². The molecule has 0 aliphatic carbocycles. The minimum atomic E-state index is -4.56. The van der Waals surface area contributed by atoms with E-state index in [1.165, 1.54) is 42.5 Å². The van der Waals surface area contributed by atoms with Crippen LogP contribution in [0.4, 0.5) is 23.7 Å². The van der Waals surface area contributed by atoms with Gasteiger partial charge in [-0.1, -0.05) is 24.3 Å². The van der Waals surface area contributed by atoms with Gasteiger partial charge in [-0.25, -0.2) is 4.79 Å². The number of anilines is 1. The number of hydrogen-bond donors (Lipinski definition) is 2. The first-order chi connectivity index (χ1) is 13.1. The summed E-state index contributed by atoms with van der Waals surface area (Å²) in [4.78, 5) is 27.6. The zero-order valence-electron chi connectivity index (χ0n) is 15.0. The lowest BCUT2D eigenvalue weighted by atomic mass is 10.0. The number of amides is 1. The van der Waals surface area contributed by atoms with Gasteiger partial charge in [0.15, 0.2) is 0 Å². The van der Waals surface area contributed by atoms with Crippen molar-refractivity contribution in [1.29, 1.82) is 0 Å². The number of nitrogens with one attached hydrogen (secondary N) is 1. The molecule has 3 aromatic rings. The first-order valence-corrected chi connectivity index (χ1v) is 8.45. The minimum Gasteiger partial charge on any atom is -0.465 e. The molecule has 28 heavy (non-hydrogen) atoms. The Hall–Kier alpha value is -3.29. The third-order valence-electron chi connectivity index (χ3n) is 4.35. The number of benzene rings is 2. The predicted octanol–water partition coefficient (Wildman–Crippen LogP) is 5.11. The Labute approximate surface area is 158 Å². The lowest BCUT2D eigenvalue weighted by Gasteiger charge is -2.23. The van der Waals surface area contributed by atoms with E-state index in [-0.39, 0.29) is 22.7 Å². The van der Waals surface area contributed by atoms with Gasteiger partial charge in [-0.2, -0.15) is 13.2 Å². The standard InChI is InChI=1S/C20H17F3N2O3/c1-11(2)25(19(27)28)13-8-7-12-9-17(24-18(26)15(12)10-13)14-5-3-4-6-16(14)20(21,22)23/h3-11H,1-2H3,(H,24,26)(H,27,28). The Bertz CT molecular complexity index is 1100. The van der Waals surface area contributed by atoms with Crippen molar-refractivity contribution in [2.75, 3.05) is 4.90 Å². The van der Waals surface area contributed by atoms with Gasteiger partial charge in [-0.05, 0) is 43.5 Å². The molecule has 1 aromatic heterocycles. The maximum absolute atomic E-state index is 13.3. The summed E-state index contributed by atoms with van der Waals surface area (Å²) in [6.07, 6.45) is -5.73. The first-order valence-electron chi connectivity index (χ1n) is 8.45. The number of alkyl halides is 3. The largest absolute Gasteiger partial charge is 0.465 e. The van der Waals surface area contributed by atoms with Crippen molar-refractivity contribution in [3.63, 3.8) is 0 Å². The average molecular weight is 390 g/mol. The van der Waals surface area contributed by atoms with Crippen LogP contribution in [-0.4, -0.2) is 22.2 Å². The Morgan fingerprint density at radius 2 is 1.79 bits per heavy atom. The van der Waals surface area contributed by atoms with Crippen LogP contribution < -0.4 is 10.5 Å². The quantitative estimate of drug-likeness (QED) is 0.653. The number of carboxylic acid groups (broad SMARTS) is 1. The normalized spacial score (nSPS) is 11.8. The molecule has 0 saturated heterocycles. The number of fused-ring (bicyclic) bond motifs is 1. The molecule has 0 radical (unpaired) electrons. The summed E-state index contributed by atoms with van der Waals surface area (Å²) in [5.74, 6) is 0. The maximum Gasteiger partial charge on any atom is 0.417 e. The van der Waals surface area contributed by atoms with E-state index in [1.807, 2.05) is 0 Å². The lowest BCUT2D eigenvalue weighted by Crippen LogP contribution is -2.35. The summed E-state index contributed by atoms with van der Waals surface area (Å²) in [5.41, 5.74) is -1.23. The van der Waals surface area contributed by atoms with Gasteiger partial charge in [0.25, 0.3) is 5.56 Å². The molecule has 0 saturated carbocycles. The van der Waals surface area contributed by atoms with Crippen molar-refractivity contribution in [1.82, 2.24) is 4.98 Å². The van der Waals surface area contributed by atoms with Gasteiger partial charge in [-0.15, -0.1) is 0 Å². The smallest absolute Gasteiger partial charge is 0.417 e. The van der Waals surface area contributed by atoms with Crippen LogP contribution in [0.5, 0.6) is 0 Å². The Balaban J connectivity index is 2.18. The fourth-order valence-electron chi connectivity index (χ4n) is 3.14. The lowest BCUT2D eigenvalue weighted by molar-refractivity contribution is -0.137. The van der Waals surface area contributed by atoms with Crippen LogP contribution in [0, 0.1) is 0 Å². The number of hydrogen-bond acceptors (Lipinski definition) is 2. The summed E-state index contributed by atoms with van der Waals surface area (Å²) in [6.45, 7) is 3.39. The molecule has 3 rings (SSSR count). The molecule has 0 unspecified atom stereocenters. The highest BCUT2D eigenvalue weighted by molar-refractivity contribution is 5.93. The Morgan fingerprint density at radius 1 is 1.11 bits per heavy atom. The van der Waals surface area contributed by atoms with Crippen molar-refractivity contribution >= 4 is 22.6 Å². The van der Waals surface area contributed by atoms with Gasteiger partial charge in [0, 0.05) is 28.4 Å². The van der Waals surface area contributed by atoms with E-state index < -0.39 is 23.4 Å². The number of rotatable bonds is 3. The fraction of sp³-hybridized carbons (Fsp3) is 0.200. The number of halogens is 3. The number of H-pyrrole nitrogens is 1. The third kappa shape index (κ3) is 3.58. The molecule has 146 valence electrons. The molecule has 2 N–H and O–H groups in total. The molecule has 0 fully saturated rings. The molecular formula is C20H17F3N2O3. The van der Waals surface area contributed by atoms with Crippen LogP contribution in [0.1, 0.15) is 19.4 Å². The van der Waals surface area contributed by atoms with Gasteiger partial charge >= 0.3 is 12.3 Å². The molecule has 0 aliphatic rings. The van der Waals surface area contributed by atoms with E-state index in [0.717, 1.165) is 11.0 Å². The van der Waals surface area contributed by atoms with Gasteiger partial charge in [0.2, 0.25) is 0 Å². The number of pyridine rings is 1. The second-order valence-corrected chi connectivity index (χ2v) is 6.57. The van der Waals surface area contributed by atoms with E-state index >= 15 is 0 Å². The monoisotopic (exact) mass is 390 g/mol. The topological polar surface area (TPSA) is 73.4 Å². The van der Waals surface area contributed by atoms with E-state index in [0.29, 0.717) is 11.1 Å². The summed E-state index contributed by atoms with van der Waals surface area (Å²) in [7, 11) is 0. The zero-order chi connectivity index (χ0) is 20.6. The van der Waals surface area contributed by atoms with Crippen LogP contribution in [-0.2, 0) is 6.18 Å². The molecular weight excluding hydrogens is 373 g/mol. The van der Waals surface area contributed by atoms with Crippen LogP contribution in [0.15, 0.2) is 53.3 Å². The molecule has 1 heterocycles. The number of aromatic amines is 1. The number of aromatic nitrogens is 1. The van der Waals surface area contributed by atoms with Crippen molar-refractivity contribution < 1.29 is 23.1 Å². The molecule has 8 heteroatoms. The molecule has 0 aliphatic heterocycles. The maximum atomic E-state index is 13.3. The highest BCUT2D eigenvalue weighted by Gasteiger charge is 2.33. The SMILES string of the molecule is CC(C)N(C(=O)O)c1ccc2cc(-c3ccccc3C(F)(F)F)[nH]c(=O)c2c1.